The molecule has 3 rings (SSSR count). The molecule has 0 aliphatic carbocycles. The highest BCUT2D eigenvalue weighted by molar-refractivity contribution is 5.76. The van der Waals surface area contributed by atoms with Crippen LogP contribution in [-0.4, -0.2) is 38.1 Å². The molecule has 2 aromatic heterocycles. The first kappa shape index (κ1) is 12.9. The lowest BCUT2D eigenvalue weighted by atomic mass is 9.99. The van der Waals surface area contributed by atoms with Crippen LogP contribution in [-0.2, 0) is 11.3 Å². The molecule has 1 saturated heterocycles. The van der Waals surface area contributed by atoms with Crippen LogP contribution < -0.4 is 5.69 Å². The predicted molar refractivity (Wildman–Crippen MR) is 74.4 cm³/mol. The van der Waals surface area contributed by atoms with Gasteiger partial charge in [0.25, 0.3) is 0 Å². The largest absolute Gasteiger partial charge is 0.350 e. The SMILES string of the molecule is CC1CCN(C(=O)Cn2nc3ccccn3c2=O)CC1. The van der Waals surface area contributed by atoms with Crippen LogP contribution in [0.3, 0.4) is 0 Å². The summed E-state index contributed by atoms with van der Waals surface area (Å²) in [6.07, 6.45) is 3.73. The average Bonchev–Trinajstić information content (AvgIpc) is 2.77. The Labute approximate surface area is 116 Å². The van der Waals surface area contributed by atoms with Gasteiger partial charge < -0.3 is 4.90 Å². The molecule has 0 bridgehead atoms. The third kappa shape index (κ3) is 2.33. The molecule has 20 heavy (non-hydrogen) atoms. The van der Waals surface area contributed by atoms with Gasteiger partial charge in [0.1, 0.15) is 6.54 Å². The molecule has 0 saturated carbocycles. The first-order chi connectivity index (χ1) is 9.65. The number of carbonyl (C=O) groups excluding carboxylic acids is 1. The minimum atomic E-state index is -0.265. The van der Waals surface area contributed by atoms with Crippen molar-refractivity contribution in [2.45, 2.75) is 26.3 Å². The van der Waals surface area contributed by atoms with Gasteiger partial charge in [-0.3, -0.25) is 9.20 Å². The zero-order valence-electron chi connectivity index (χ0n) is 11.5. The highest BCUT2D eigenvalue weighted by Gasteiger charge is 2.21. The molecular weight excluding hydrogens is 256 g/mol. The molecule has 0 N–H and O–H groups in total. The predicted octanol–water partition coefficient (Wildman–Crippen LogP) is 0.755. The first-order valence-electron chi connectivity index (χ1n) is 6.97. The zero-order valence-corrected chi connectivity index (χ0v) is 11.5. The van der Waals surface area contributed by atoms with E-state index in [1.165, 1.54) is 9.08 Å². The van der Waals surface area contributed by atoms with Crippen molar-refractivity contribution < 1.29 is 4.79 Å². The van der Waals surface area contributed by atoms with Crippen molar-refractivity contribution in [2.75, 3.05) is 13.1 Å². The molecule has 0 radical (unpaired) electrons. The summed E-state index contributed by atoms with van der Waals surface area (Å²) in [6.45, 7) is 3.79. The van der Waals surface area contributed by atoms with Gasteiger partial charge in [0.05, 0.1) is 0 Å². The molecule has 6 nitrogen and oxygen atoms in total. The fourth-order valence-electron chi connectivity index (χ4n) is 2.56. The van der Waals surface area contributed by atoms with Gasteiger partial charge in [-0.05, 0) is 30.9 Å². The molecule has 2 aromatic rings. The summed E-state index contributed by atoms with van der Waals surface area (Å²) in [6, 6.07) is 5.35. The molecule has 1 aliphatic rings. The molecule has 3 heterocycles. The van der Waals surface area contributed by atoms with Crippen molar-refractivity contribution in [1.29, 1.82) is 0 Å². The number of hydrogen-bond donors (Lipinski definition) is 0. The standard InChI is InChI=1S/C14H18N4O2/c1-11-5-8-16(9-6-11)13(19)10-18-14(20)17-7-3-2-4-12(17)15-18/h2-4,7,11H,5-6,8-10H2,1H3. The van der Waals surface area contributed by atoms with Gasteiger partial charge in [0, 0.05) is 19.3 Å². The number of likely N-dealkylation sites (tertiary alicyclic amines) is 1. The first-order valence-corrected chi connectivity index (χ1v) is 6.97. The number of rotatable bonds is 2. The molecule has 1 fully saturated rings. The van der Waals surface area contributed by atoms with Gasteiger partial charge >= 0.3 is 5.69 Å². The maximum Gasteiger partial charge on any atom is 0.350 e. The van der Waals surface area contributed by atoms with Gasteiger partial charge in [-0.25, -0.2) is 9.48 Å². The molecule has 1 amide bonds. The minimum Gasteiger partial charge on any atom is -0.341 e. The lowest BCUT2D eigenvalue weighted by Crippen LogP contribution is -2.41. The fourth-order valence-corrected chi connectivity index (χ4v) is 2.56. The second-order valence-electron chi connectivity index (χ2n) is 5.43. The van der Waals surface area contributed by atoms with E-state index in [0.29, 0.717) is 11.6 Å². The number of fused-ring (bicyclic) bond motifs is 1. The van der Waals surface area contributed by atoms with E-state index in [1.54, 1.807) is 18.3 Å². The van der Waals surface area contributed by atoms with Crippen molar-refractivity contribution in [3.8, 4) is 0 Å². The van der Waals surface area contributed by atoms with Crippen molar-refractivity contribution in [1.82, 2.24) is 19.1 Å². The van der Waals surface area contributed by atoms with E-state index in [0.717, 1.165) is 25.9 Å². The molecule has 106 valence electrons. The minimum absolute atomic E-state index is 0.0227. The summed E-state index contributed by atoms with van der Waals surface area (Å²) in [4.78, 5) is 26.1. The molecule has 0 spiro atoms. The number of amides is 1. The Bertz CT molecular complexity index is 680. The zero-order chi connectivity index (χ0) is 14.1. The molecule has 0 atom stereocenters. The molecular formula is C14H18N4O2. The highest BCUT2D eigenvalue weighted by Crippen LogP contribution is 2.16. The Morgan fingerprint density at radius 3 is 2.80 bits per heavy atom. The summed E-state index contributed by atoms with van der Waals surface area (Å²) in [5, 5.41) is 4.18. The lowest BCUT2D eigenvalue weighted by Gasteiger charge is -2.30. The number of aromatic nitrogens is 3. The normalized spacial score (nSPS) is 16.8. The molecule has 6 heteroatoms. The second kappa shape index (κ2) is 5.11. The van der Waals surface area contributed by atoms with Crippen LogP contribution in [0.15, 0.2) is 29.2 Å². The summed E-state index contributed by atoms with van der Waals surface area (Å²) in [7, 11) is 0. The monoisotopic (exact) mass is 274 g/mol. The van der Waals surface area contributed by atoms with Crippen LogP contribution in [0, 0.1) is 5.92 Å². The van der Waals surface area contributed by atoms with Gasteiger partial charge in [-0.15, -0.1) is 5.10 Å². The van der Waals surface area contributed by atoms with Crippen molar-refractivity contribution in [2.24, 2.45) is 5.92 Å². The Kier molecular flexibility index (Phi) is 3.30. The maximum atomic E-state index is 12.2. The highest BCUT2D eigenvalue weighted by atomic mass is 16.2. The maximum absolute atomic E-state index is 12.2. The van der Waals surface area contributed by atoms with Gasteiger partial charge in [-0.2, -0.15) is 0 Å². The van der Waals surface area contributed by atoms with Crippen LogP contribution in [0.2, 0.25) is 0 Å². The topological polar surface area (TPSA) is 59.6 Å². The Morgan fingerprint density at radius 2 is 2.10 bits per heavy atom. The summed E-state index contributed by atoms with van der Waals surface area (Å²) in [5.74, 6) is 0.652. The van der Waals surface area contributed by atoms with Crippen LogP contribution in [0.1, 0.15) is 19.8 Å². The van der Waals surface area contributed by atoms with Gasteiger partial charge in [-0.1, -0.05) is 13.0 Å². The summed E-state index contributed by atoms with van der Waals surface area (Å²) in [5.41, 5.74) is 0.303. The third-order valence-electron chi connectivity index (χ3n) is 3.91. The van der Waals surface area contributed by atoms with E-state index in [4.69, 9.17) is 0 Å². The van der Waals surface area contributed by atoms with E-state index >= 15 is 0 Å². The van der Waals surface area contributed by atoms with Gasteiger partial charge in [0.2, 0.25) is 5.91 Å². The van der Waals surface area contributed by atoms with Crippen molar-refractivity contribution >= 4 is 11.6 Å². The Hall–Kier alpha value is -2.11. The number of nitrogens with zero attached hydrogens (tertiary/aromatic N) is 4. The van der Waals surface area contributed by atoms with Gasteiger partial charge in [0.15, 0.2) is 5.65 Å². The number of carbonyl (C=O) groups is 1. The van der Waals surface area contributed by atoms with Crippen LogP contribution in [0.5, 0.6) is 0 Å². The fraction of sp³-hybridized carbons (Fsp3) is 0.500. The van der Waals surface area contributed by atoms with E-state index in [1.807, 2.05) is 11.0 Å². The van der Waals surface area contributed by atoms with Crippen LogP contribution in [0.25, 0.3) is 5.65 Å². The average molecular weight is 274 g/mol. The van der Waals surface area contributed by atoms with Crippen molar-refractivity contribution in [3.05, 3.63) is 34.9 Å². The Morgan fingerprint density at radius 1 is 1.35 bits per heavy atom. The second-order valence-corrected chi connectivity index (χ2v) is 5.43. The van der Waals surface area contributed by atoms with E-state index < -0.39 is 0 Å². The number of pyridine rings is 1. The number of hydrogen-bond acceptors (Lipinski definition) is 3. The molecule has 1 aliphatic heterocycles. The quantitative estimate of drug-likeness (QED) is 0.812. The number of piperidine rings is 1. The smallest absolute Gasteiger partial charge is 0.341 e. The van der Waals surface area contributed by atoms with E-state index in [2.05, 4.69) is 12.0 Å². The Balaban J connectivity index is 1.78. The van der Waals surface area contributed by atoms with Crippen LogP contribution in [0.4, 0.5) is 0 Å². The molecule has 0 aromatic carbocycles. The summed E-state index contributed by atoms with van der Waals surface area (Å²) >= 11 is 0. The molecule has 0 unspecified atom stereocenters. The van der Waals surface area contributed by atoms with E-state index in [-0.39, 0.29) is 18.1 Å². The van der Waals surface area contributed by atoms with Crippen molar-refractivity contribution in [3.63, 3.8) is 0 Å². The lowest BCUT2D eigenvalue weighted by molar-refractivity contribution is -0.133. The summed E-state index contributed by atoms with van der Waals surface area (Å²) < 4.78 is 2.70. The third-order valence-corrected chi connectivity index (χ3v) is 3.91. The van der Waals surface area contributed by atoms with Crippen LogP contribution >= 0.6 is 0 Å². The van der Waals surface area contributed by atoms with E-state index in [9.17, 15) is 9.59 Å².